The summed E-state index contributed by atoms with van der Waals surface area (Å²) in [6, 6.07) is 0. The third-order valence-electron chi connectivity index (χ3n) is 1.23. The SMILES string of the molecule is O=CCCC1=CC(=O)CS1. The molecule has 3 heteroatoms. The summed E-state index contributed by atoms with van der Waals surface area (Å²) < 4.78 is 0. The summed E-state index contributed by atoms with van der Waals surface area (Å²) in [6.07, 6.45) is 3.78. The summed E-state index contributed by atoms with van der Waals surface area (Å²) in [5.41, 5.74) is 0. The van der Waals surface area contributed by atoms with Gasteiger partial charge in [-0.2, -0.15) is 0 Å². The van der Waals surface area contributed by atoms with Crippen LogP contribution in [0.4, 0.5) is 0 Å². The maximum Gasteiger partial charge on any atom is 0.166 e. The van der Waals surface area contributed by atoms with Gasteiger partial charge < -0.3 is 4.79 Å². The Bertz CT molecular complexity index is 184. The fraction of sp³-hybridized carbons (Fsp3) is 0.429. The number of ketones is 1. The maximum atomic E-state index is 10.6. The highest BCUT2D eigenvalue weighted by Crippen LogP contribution is 2.25. The van der Waals surface area contributed by atoms with E-state index in [-0.39, 0.29) is 5.78 Å². The Kier molecular flexibility index (Phi) is 2.68. The molecule has 0 amide bonds. The minimum absolute atomic E-state index is 0.172. The number of carbonyl (C=O) groups excluding carboxylic acids is 2. The van der Waals surface area contributed by atoms with E-state index in [2.05, 4.69) is 0 Å². The molecule has 0 unspecified atom stereocenters. The van der Waals surface area contributed by atoms with Crippen LogP contribution in [0.5, 0.6) is 0 Å². The molecule has 1 heterocycles. The smallest absolute Gasteiger partial charge is 0.166 e. The average Bonchev–Trinajstić information content (AvgIpc) is 2.31. The summed E-state index contributed by atoms with van der Waals surface area (Å²) in [5.74, 6) is 0.736. The lowest BCUT2D eigenvalue weighted by Crippen LogP contribution is -1.86. The summed E-state index contributed by atoms with van der Waals surface area (Å²) in [4.78, 5) is 21.6. The number of aldehydes is 1. The Morgan fingerprint density at radius 2 is 2.50 bits per heavy atom. The first kappa shape index (κ1) is 7.54. The van der Waals surface area contributed by atoms with Crippen LogP contribution in [-0.4, -0.2) is 17.8 Å². The minimum Gasteiger partial charge on any atom is -0.303 e. The van der Waals surface area contributed by atoms with E-state index in [0.717, 1.165) is 17.6 Å². The highest BCUT2D eigenvalue weighted by molar-refractivity contribution is 8.04. The molecule has 0 aromatic carbocycles. The van der Waals surface area contributed by atoms with Gasteiger partial charge in [-0.25, -0.2) is 0 Å². The van der Waals surface area contributed by atoms with Crippen LogP contribution in [0.1, 0.15) is 12.8 Å². The molecule has 0 atom stereocenters. The maximum absolute atomic E-state index is 10.6. The number of allylic oxidation sites excluding steroid dienone is 2. The van der Waals surface area contributed by atoms with Gasteiger partial charge in [-0.05, 0) is 17.4 Å². The van der Waals surface area contributed by atoms with Crippen molar-refractivity contribution in [3.05, 3.63) is 11.0 Å². The van der Waals surface area contributed by atoms with Crippen LogP contribution in [0, 0.1) is 0 Å². The van der Waals surface area contributed by atoms with Gasteiger partial charge in [0.15, 0.2) is 5.78 Å². The minimum atomic E-state index is 0.172. The zero-order valence-corrected chi connectivity index (χ0v) is 6.32. The fourth-order valence-corrected chi connectivity index (χ4v) is 1.66. The molecule has 0 saturated carbocycles. The standard InChI is InChI=1S/C7H8O2S/c8-3-1-2-7-4-6(9)5-10-7/h3-4H,1-2,5H2. The molecule has 54 valence electrons. The molecule has 0 aromatic heterocycles. The van der Waals surface area contributed by atoms with Crippen molar-refractivity contribution in [1.82, 2.24) is 0 Å². The summed E-state index contributed by atoms with van der Waals surface area (Å²) in [6.45, 7) is 0. The van der Waals surface area contributed by atoms with E-state index in [1.807, 2.05) is 0 Å². The number of hydrogen-bond acceptors (Lipinski definition) is 3. The van der Waals surface area contributed by atoms with Crippen molar-refractivity contribution >= 4 is 23.8 Å². The normalized spacial score (nSPS) is 17.2. The van der Waals surface area contributed by atoms with Crippen LogP contribution in [0.2, 0.25) is 0 Å². The first-order valence-corrected chi connectivity index (χ1v) is 4.11. The molecule has 0 spiro atoms. The predicted octanol–water partition coefficient (Wildman–Crippen LogP) is 1.17. The largest absolute Gasteiger partial charge is 0.303 e. The van der Waals surface area contributed by atoms with E-state index in [1.54, 1.807) is 17.8 Å². The van der Waals surface area contributed by atoms with Crippen molar-refractivity contribution in [3.8, 4) is 0 Å². The molecule has 0 radical (unpaired) electrons. The van der Waals surface area contributed by atoms with Crippen LogP contribution in [-0.2, 0) is 9.59 Å². The van der Waals surface area contributed by atoms with Crippen LogP contribution >= 0.6 is 11.8 Å². The van der Waals surface area contributed by atoms with E-state index in [4.69, 9.17) is 0 Å². The monoisotopic (exact) mass is 156 g/mol. The van der Waals surface area contributed by atoms with E-state index < -0.39 is 0 Å². The van der Waals surface area contributed by atoms with Crippen molar-refractivity contribution in [3.63, 3.8) is 0 Å². The Morgan fingerprint density at radius 1 is 1.70 bits per heavy atom. The average molecular weight is 156 g/mol. The first-order valence-electron chi connectivity index (χ1n) is 3.13. The molecule has 0 fully saturated rings. The molecule has 1 aliphatic rings. The molecule has 2 nitrogen and oxygen atoms in total. The molecule has 0 aromatic rings. The van der Waals surface area contributed by atoms with E-state index in [1.165, 1.54) is 0 Å². The van der Waals surface area contributed by atoms with Crippen molar-refractivity contribution < 1.29 is 9.59 Å². The zero-order chi connectivity index (χ0) is 7.40. The molecule has 0 saturated heterocycles. The molecule has 0 bridgehead atoms. The van der Waals surface area contributed by atoms with Gasteiger partial charge in [-0.15, -0.1) is 11.8 Å². The van der Waals surface area contributed by atoms with Gasteiger partial charge in [0.05, 0.1) is 5.75 Å². The number of thioether (sulfide) groups is 1. The van der Waals surface area contributed by atoms with Gasteiger partial charge >= 0.3 is 0 Å². The van der Waals surface area contributed by atoms with Crippen LogP contribution in [0.15, 0.2) is 11.0 Å². The van der Waals surface area contributed by atoms with Gasteiger partial charge in [-0.1, -0.05) is 0 Å². The number of carbonyl (C=O) groups is 2. The number of hydrogen-bond donors (Lipinski definition) is 0. The molecule has 1 aliphatic heterocycles. The quantitative estimate of drug-likeness (QED) is 0.575. The number of rotatable bonds is 3. The molecular weight excluding hydrogens is 148 g/mol. The van der Waals surface area contributed by atoms with E-state index in [0.29, 0.717) is 12.2 Å². The second-order valence-electron chi connectivity index (χ2n) is 2.07. The molecular formula is C7H8O2S. The van der Waals surface area contributed by atoms with Crippen molar-refractivity contribution in [2.45, 2.75) is 12.8 Å². The second-order valence-corrected chi connectivity index (χ2v) is 3.17. The Balaban J connectivity index is 2.35. The predicted molar refractivity (Wildman–Crippen MR) is 40.8 cm³/mol. The zero-order valence-electron chi connectivity index (χ0n) is 5.50. The topological polar surface area (TPSA) is 34.1 Å². The molecule has 0 aliphatic carbocycles. The Hall–Kier alpha value is -0.570. The van der Waals surface area contributed by atoms with Crippen molar-refractivity contribution in [1.29, 1.82) is 0 Å². The van der Waals surface area contributed by atoms with Gasteiger partial charge in [0.2, 0.25) is 0 Å². The van der Waals surface area contributed by atoms with Gasteiger partial charge in [-0.3, -0.25) is 4.79 Å². The molecule has 1 rings (SSSR count). The van der Waals surface area contributed by atoms with Gasteiger partial charge in [0.25, 0.3) is 0 Å². The van der Waals surface area contributed by atoms with Crippen molar-refractivity contribution in [2.24, 2.45) is 0 Å². The summed E-state index contributed by atoms with van der Waals surface area (Å²) in [7, 11) is 0. The van der Waals surface area contributed by atoms with E-state index >= 15 is 0 Å². The third kappa shape index (κ3) is 1.99. The van der Waals surface area contributed by atoms with Crippen molar-refractivity contribution in [2.75, 3.05) is 5.75 Å². The van der Waals surface area contributed by atoms with Crippen LogP contribution < -0.4 is 0 Å². The summed E-state index contributed by atoms with van der Waals surface area (Å²) >= 11 is 1.54. The second kappa shape index (κ2) is 3.56. The first-order chi connectivity index (χ1) is 4.83. The molecule has 10 heavy (non-hydrogen) atoms. The van der Waals surface area contributed by atoms with Crippen LogP contribution in [0.25, 0.3) is 0 Å². The summed E-state index contributed by atoms with van der Waals surface area (Å²) in [5, 5.41) is 0. The third-order valence-corrected chi connectivity index (χ3v) is 2.35. The lowest BCUT2D eigenvalue weighted by Gasteiger charge is -1.91. The lowest BCUT2D eigenvalue weighted by atomic mass is 10.3. The van der Waals surface area contributed by atoms with Gasteiger partial charge in [0, 0.05) is 6.42 Å². The van der Waals surface area contributed by atoms with E-state index in [9.17, 15) is 9.59 Å². The fourth-order valence-electron chi connectivity index (χ4n) is 0.772. The van der Waals surface area contributed by atoms with Gasteiger partial charge in [0.1, 0.15) is 6.29 Å². The van der Waals surface area contributed by atoms with Crippen LogP contribution in [0.3, 0.4) is 0 Å². The lowest BCUT2D eigenvalue weighted by molar-refractivity contribution is -0.112. The Morgan fingerprint density at radius 3 is 3.00 bits per heavy atom. The Labute approximate surface area is 63.7 Å². The highest BCUT2D eigenvalue weighted by Gasteiger charge is 2.11. The highest BCUT2D eigenvalue weighted by atomic mass is 32.2. The molecule has 0 N–H and O–H groups in total.